The Bertz CT molecular complexity index is 907. The lowest BCUT2D eigenvalue weighted by atomic mass is 10.0. The summed E-state index contributed by atoms with van der Waals surface area (Å²) in [5.41, 5.74) is 8.47. The molecule has 3 aromatic carbocycles. The number of hydrogen-bond donors (Lipinski definition) is 2. The second-order valence-corrected chi connectivity index (χ2v) is 6.14. The number of carbonyl (C=O) groups excluding carboxylic acids is 2. The Labute approximate surface area is 157 Å². The summed E-state index contributed by atoms with van der Waals surface area (Å²) in [6.45, 7) is 0. The zero-order valence-corrected chi connectivity index (χ0v) is 14.6. The second-order valence-electron chi connectivity index (χ2n) is 6.14. The van der Waals surface area contributed by atoms with Gasteiger partial charge in [-0.2, -0.15) is 0 Å². The van der Waals surface area contributed by atoms with E-state index in [1.165, 1.54) is 24.3 Å². The molecule has 0 fully saturated rings. The van der Waals surface area contributed by atoms with E-state index in [1.54, 1.807) is 0 Å². The van der Waals surface area contributed by atoms with Crippen molar-refractivity contribution in [1.82, 2.24) is 10.9 Å². The first-order valence-electron chi connectivity index (χ1n) is 8.56. The fraction of sp³-hybridized carbons (Fsp3) is 0.0909. The lowest BCUT2D eigenvalue weighted by Crippen LogP contribution is -2.43. The van der Waals surface area contributed by atoms with E-state index < -0.39 is 0 Å². The number of benzene rings is 3. The van der Waals surface area contributed by atoms with Crippen LogP contribution in [0.25, 0.3) is 11.1 Å². The van der Waals surface area contributed by atoms with Crippen molar-refractivity contribution in [2.75, 3.05) is 0 Å². The normalized spacial score (nSPS) is 10.3. The molecule has 0 spiro atoms. The van der Waals surface area contributed by atoms with Gasteiger partial charge in [0.15, 0.2) is 0 Å². The van der Waals surface area contributed by atoms with Crippen LogP contribution in [0.15, 0.2) is 78.9 Å². The van der Waals surface area contributed by atoms with Crippen LogP contribution in [0.4, 0.5) is 4.39 Å². The molecule has 0 aliphatic carbocycles. The van der Waals surface area contributed by atoms with Crippen molar-refractivity contribution < 1.29 is 14.0 Å². The highest BCUT2D eigenvalue weighted by molar-refractivity contribution is 5.84. The molecule has 0 heterocycles. The van der Waals surface area contributed by atoms with E-state index in [9.17, 15) is 14.0 Å². The molecule has 136 valence electrons. The summed E-state index contributed by atoms with van der Waals surface area (Å²) in [5, 5.41) is 0. The number of carbonyl (C=O) groups is 2. The molecule has 27 heavy (non-hydrogen) atoms. The van der Waals surface area contributed by atoms with Gasteiger partial charge < -0.3 is 0 Å². The molecule has 2 amide bonds. The number of hydrogen-bond acceptors (Lipinski definition) is 2. The quantitative estimate of drug-likeness (QED) is 0.683. The maximum atomic E-state index is 12.8. The van der Waals surface area contributed by atoms with Crippen LogP contribution in [0.1, 0.15) is 11.1 Å². The summed E-state index contributed by atoms with van der Waals surface area (Å²) in [7, 11) is 0. The van der Waals surface area contributed by atoms with E-state index in [0.717, 1.165) is 16.7 Å². The van der Waals surface area contributed by atoms with Crippen LogP contribution in [-0.2, 0) is 22.4 Å². The standard InChI is InChI=1S/C22H19FN2O2/c23-20-12-8-17(9-13-20)15-22(27)25-24-21(26)14-16-6-10-19(11-7-16)18-4-2-1-3-5-18/h1-13H,14-15H2,(H,24,26)(H,25,27). The van der Waals surface area contributed by atoms with Crippen LogP contribution in [0.2, 0.25) is 0 Å². The largest absolute Gasteiger partial charge is 0.273 e. The molecule has 3 rings (SSSR count). The van der Waals surface area contributed by atoms with Crippen molar-refractivity contribution in [2.45, 2.75) is 12.8 Å². The van der Waals surface area contributed by atoms with Crippen molar-refractivity contribution in [3.05, 3.63) is 95.8 Å². The number of nitrogens with one attached hydrogen (secondary N) is 2. The van der Waals surface area contributed by atoms with Crippen LogP contribution < -0.4 is 10.9 Å². The van der Waals surface area contributed by atoms with Crippen molar-refractivity contribution >= 4 is 11.8 Å². The zero-order chi connectivity index (χ0) is 19.1. The Morgan fingerprint density at radius 1 is 0.630 bits per heavy atom. The van der Waals surface area contributed by atoms with Gasteiger partial charge in [0.25, 0.3) is 0 Å². The van der Waals surface area contributed by atoms with Crippen molar-refractivity contribution in [3.8, 4) is 11.1 Å². The third-order valence-corrected chi connectivity index (χ3v) is 4.05. The molecular weight excluding hydrogens is 343 g/mol. The van der Waals surface area contributed by atoms with Gasteiger partial charge in [-0.1, -0.05) is 66.7 Å². The summed E-state index contributed by atoms with van der Waals surface area (Å²) >= 11 is 0. The van der Waals surface area contributed by atoms with E-state index in [-0.39, 0.29) is 30.5 Å². The van der Waals surface area contributed by atoms with Gasteiger partial charge in [0.05, 0.1) is 12.8 Å². The van der Waals surface area contributed by atoms with Crippen LogP contribution in [0.5, 0.6) is 0 Å². The van der Waals surface area contributed by atoms with Crippen molar-refractivity contribution in [2.24, 2.45) is 0 Å². The molecular formula is C22H19FN2O2. The third kappa shape index (κ3) is 5.51. The summed E-state index contributed by atoms with van der Waals surface area (Å²) in [6.07, 6.45) is 0.220. The van der Waals surface area contributed by atoms with Gasteiger partial charge in [0.2, 0.25) is 11.8 Å². The van der Waals surface area contributed by atoms with Gasteiger partial charge in [0.1, 0.15) is 5.82 Å². The average Bonchev–Trinajstić information content (AvgIpc) is 2.69. The van der Waals surface area contributed by atoms with E-state index in [4.69, 9.17) is 0 Å². The van der Waals surface area contributed by atoms with Crippen LogP contribution in [-0.4, -0.2) is 11.8 Å². The minimum atomic E-state index is -0.366. The van der Waals surface area contributed by atoms with Crippen LogP contribution in [0.3, 0.4) is 0 Å². The number of rotatable bonds is 5. The molecule has 0 aliphatic rings. The minimum Gasteiger partial charge on any atom is -0.273 e. The SMILES string of the molecule is O=C(Cc1ccc(F)cc1)NNC(=O)Cc1ccc(-c2ccccc2)cc1. The fourth-order valence-corrected chi connectivity index (χ4v) is 2.65. The van der Waals surface area contributed by atoms with Gasteiger partial charge in [0, 0.05) is 0 Å². The molecule has 0 bridgehead atoms. The average molecular weight is 362 g/mol. The number of halogens is 1. The molecule has 4 nitrogen and oxygen atoms in total. The van der Waals surface area contributed by atoms with Crippen LogP contribution in [0, 0.1) is 5.82 Å². The van der Waals surface area contributed by atoms with Gasteiger partial charge in [-0.25, -0.2) is 4.39 Å². The Kier molecular flexibility index (Phi) is 5.94. The monoisotopic (exact) mass is 362 g/mol. The summed E-state index contributed by atoms with van der Waals surface area (Å²) < 4.78 is 12.8. The van der Waals surface area contributed by atoms with Gasteiger partial charge in [-0.15, -0.1) is 0 Å². The fourth-order valence-electron chi connectivity index (χ4n) is 2.65. The maximum Gasteiger partial charge on any atom is 0.242 e. The molecule has 3 aromatic rings. The molecule has 0 radical (unpaired) electrons. The molecule has 0 saturated heterocycles. The van der Waals surface area contributed by atoms with Crippen LogP contribution >= 0.6 is 0 Å². The smallest absolute Gasteiger partial charge is 0.242 e. The summed E-state index contributed by atoms with van der Waals surface area (Å²) in [5.74, 6) is -1.03. The zero-order valence-electron chi connectivity index (χ0n) is 14.6. The molecule has 0 aromatic heterocycles. The number of amides is 2. The Morgan fingerprint density at radius 3 is 1.59 bits per heavy atom. The molecule has 0 saturated carbocycles. The van der Waals surface area contributed by atoms with Crippen molar-refractivity contribution in [1.29, 1.82) is 0 Å². The topological polar surface area (TPSA) is 58.2 Å². The minimum absolute atomic E-state index is 0.0618. The summed E-state index contributed by atoms with van der Waals surface area (Å²) in [4.78, 5) is 23.8. The third-order valence-electron chi connectivity index (χ3n) is 4.05. The molecule has 2 N–H and O–H groups in total. The van der Waals surface area contributed by atoms with Gasteiger partial charge in [-0.3, -0.25) is 20.4 Å². The second kappa shape index (κ2) is 8.76. The first-order valence-corrected chi connectivity index (χ1v) is 8.56. The van der Waals surface area contributed by atoms with E-state index in [1.807, 2.05) is 54.6 Å². The highest BCUT2D eigenvalue weighted by atomic mass is 19.1. The highest BCUT2D eigenvalue weighted by Gasteiger charge is 2.07. The van der Waals surface area contributed by atoms with Gasteiger partial charge >= 0.3 is 0 Å². The Hall–Kier alpha value is -3.47. The predicted octanol–water partition coefficient (Wildman–Crippen LogP) is 3.43. The van der Waals surface area contributed by atoms with Crippen molar-refractivity contribution in [3.63, 3.8) is 0 Å². The molecule has 0 atom stereocenters. The first-order chi connectivity index (χ1) is 13.1. The Balaban J connectivity index is 1.47. The molecule has 0 unspecified atom stereocenters. The lowest BCUT2D eigenvalue weighted by Gasteiger charge is -2.08. The molecule has 0 aliphatic heterocycles. The predicted molar refractivity (Wildman–Crippen MR) is 102 cm³/mol. The van der Waals surface area contributed by atoms with E-state index in [2.05, 4.69) is 10.9 Å². The highest BCUT2D eigenvalue weighted by Crippen LogP contribution is 2.19. The Morgan fingerprint density at radius 2 is 1.07 bits per heavy atom. The summed E-state index contributed by atoms with van der Waals surface area (Å²) in [6, 6.07) is 23.3. The van der Waals surface area contributed by atoms with E-state index in [0.29, 0.717) is 5.56 Å². The van der Waals surface area contributed by atoms with E-state index >= 15 is 0 Å². The lowest BCUT2D eigenvalue weighted by molar-refractivity contribution is -0.128. The maximum absolute atomic E-state index is 12.8. The molecule has 5 heteroatoms. The first kappa shape index (κ1) is 18.3. The van der Waals surface area contributed by atoms with Gasteiger partial charge in [-0.05, 0) is 34.4 Å². The number of hydrazine groups is 1.